The Bertz CT molecular complexity index is 450. The summed E-state index contributed by atoms with van der Waals surface area (Å²) in [5.74, 6) is 0. The maximum atomic E-state index is 11.0. The SMILES string of the molecule is O=C(Cl)c1[nH]cnc1-c1ccccc1. The molecule has 0 aliphatic carbocycles. The van der Waals surface area contributed by atoms with Crippen molar-refractivity contribution in [3.05, 3.63) is 42.4 Å². The van der Waals surface area contributed by atoms with Crippen LogP contribution in [-0.4, -0.2) is 15.2 Å². The fourth-order valence-electron chi connectivity index (χ4n) is 1.26. The molecule has 4 heteroatoms. The minimum atomic E-state index is -0.527. The first-order valence-electron chi connectivity index (χ1n) is 4.07. The summed E-state index contributed by atoms with van der Waals surface area (Å²) in [4.78, 5) is 17.8. The van der Waals surface area contributed by atoms with Crippen LogP contribution in [0.3, 0.4) is 0 Å². The van der Waals surface area contributed by atoms with E-state index in [1.807, 2.05) is 30.3 Å². The second-order valence-corrected chi connectivity index (χ2v) is 3.11. The average molecular weight is 207 g/mol. The Morgan fingerprint density at radius 1 is 1.29 bits per heavy atom. The maximum Gasteiger partial charge on any atom is 0.270 e. The predicted molar refractivity (Wildman–Crippen MR) is 54.2 cm³/mol. The summed E-state index contributed by atoms with van der Waals surface area (Å²) in [5.41, 5.74) is 1.79. The van der Waals surface area contributed by atoms with Gasteiger partial charge in [-0.1, -0.05) is 30.3 Å². The van der Waals surface area contributed by atoms with Crippen molar-refractivity contribution < 1.29 is 4.79 Å². The molecule has 0 aliphatic heterocycles. The third kappa shape index (κ3) is 1.54. The number of nitrogens with zero attached hydrogens (tertiary/aromatic N) is 1. The van der Waals surface area contributed by atoms with Crippen LogP contribution in [-0.2, 0) is 0 Å². The van der Waals surface area contributed by atoms with Crippen molar-refractivity contribution in [2.24, 2.45) is 0 Å². The van der Waals surface area contributed by atoms with Gasteiger partial charge in [-0.3, -0.25) is 4.79 Å². The number of hydrogen-bond acceptors (Lipinski definition) is 2. The molecule has 0 aliphatic rings. The van der Waals surface area contributed by atoms with Crippen LogP contribution >= 0.6 is 11.6 Å². The van der Waals surface area contributed by atoms with Gasteiger partial charge < -0.3 is 4.98 Å². The van der Waals surface area contributed by atoms with Crippen LogP contribution < -0.4 is 0 Å². The molecule has 0 saturated carbocycles. The minimum absolute atomic E-state index is 0.331. The summed E-state index contributed by atoms with van der Waals surface area (Å²) in [7, 11) is 0. The zero-order valence-electron chi connectivity index (χ0n) is 7.20. The smallest absolute Gasteiger partial charge is 0.270 e. The Labute approximate surface area is 85.7 Å². The van der Waals surface area contributed by atoms with Crippen LogP contribution in [0.2, 0.25) is 0 Å². The van der Waals surface area contributed by atoms with Crippen molar-refractivity contribution in [3.8, 4) is 11.3 Å². The van der Waals surface area contributed by atoms with E-state index in [9.17, 15) is 4.79 Å². The first kappa shape index (κ1) is 8.97. The number of nitrogens with one attached hydrogen (secondary N) is 1. The number of carbonyl (C=O) groups is 1. The number of benzene rings is 1. The van der Waals surface area contributed by atoms with Crippen LogP contribution in [0.15, 0.2) is 36.7 Å². The molecule has 1 N–H and O–H groups in total. The van der Waals surface area contributed by atoms with Gasteiger partial charge in [0.1, 0.15) is 11.4 Å². The van der Waals surface area contributed by atoms with Gasteiger partial charge >= 0.3 is 0 Å². The fraction of sp³-hybridized carbons (Fsp3) is 0. The topological polar surface area (TPSA) is 45.8 Å². The van der Waals surface area contributed by atoms with Crippen LogP contribution in [0.4, 0.5) is 0 Å². The van der Waals surface area contributed by atoms with Gasteiger partial charge in [0.05, 0.1) is 6.33 Å². The molecular formula is C10H7ClN2O. The summed E-state index contributed by atoms with van der Waals surface area (Å²) in [6.45, 7) is 0. The molecule has 0 amide bonds. The molecule has 0 unspecified atom stereocenters. The lowest BCUT2D eigenvalue weighted by molar-refractivity contribution is 0.107. The van der Waals surface area contributed by atoms with Gasteiger partial charge in [-0.15, -0.1) is 0 Å². The molecule has 70 valence electrons. The number of rotatable bonds is 2. The zero-order valence-corrected chi connectivity index (χ0v) is 7.95. The van der Waals surface area contributed by atoms with Gasteiger partial charge in [0, 0.05) is 5.56 Å². The molecule has 0 bridgehead atoms. The van der Waals surface area contributed by atoms with Gasteiger partial charge in [0.15, 0.2) is 0 Å². The van der Waals surface area contributed by atoms with Crippen molar-refractivity contribution in [2.45, 2.75) is 0 Å². The molecule has 3 nitrogen and oxygen atoms in total. The third-order valence-corrected chi connectivity index (χ3v) is 2.07. The lowest BCUT2D eigenvalue weighted by Gasteiger charge is -1.97. The van der Waals surface area contributed by atoms with Crippen LogP contribution in [0.5, 0.6) is 0 Å². The first-order chi connectivity index (χ1) is 6.79. The number of carbonyl (C=O) groups excluding carboxylic acids is 1. The highest BCUT2D eigenvalue weighted by molar-refractivity contribution is 6.67. The molecule has 1 heterocycles. The quantitative estimate of drug-likeness (QED) is 0.768. The first-order valence-corrected chi connectivity index (χ1v) is 4.45. The van der Waals surface area contributed by atoms with E-state index in [4.69, 9.17) is 11.6 Å². The standard InChI is InChI=1S/C10H7ClN2O/c11-10(14)9-8(12-6-13-9)7-4-2-1-3-5-7/h1-6H,(H,12,13). The molecule has 2 rings (SSSR count). The summed E-state index contributed by atoms with van der Waals surface area (Å²) in [6.07, 6.45) is 1.46. The van der Waals surface area contributed by atoms with Crippen molar-refractivity contribution >= 4 is 16.8 Å². The Hall–Kier alpha value is -1.61. The zero-order chi connectivity index (χ0) is 9.97. The molecule has 0 spiro atoms. The largest absolute Gasteiger partial charge is 0.341 e. The van der Waals surface area contributed by atoms with Crippen molar-refractivity contribution in [3.63, 3.8) is 0 Å². The number of aromatic amines is 1. The second kappa shape index (κ2) is 3.64. The highest BCUT2D eigenvalue weighted by atomic mass is 35.5. The van der Waals surface area contributed by atoms with E-state index in [-0.39, 0.29) is 0 Å². The normalized spacial score (nSPS) is 10.1. The van der Waals surface area contributed by atoms with E-state index in [0.29, 0.717) is 11.4 Å². The molecule has 0 saturated heterocycles. The monoisotopic (exact) mass is 206 g/mol. The predicted octanol–water partition coefficient (Wildman–Crippen LogP) is 2.46. The lowest BCUT2D eigenvalue weighted by Crippen LogP contribution is -1.92. The number of imidazole rings is 1. The van der Waals surface area contributed by atoms with Crippen molar-refractivity contribution in [1.82, 2.24) is 9.97 Å². The van der Waals surface area contributed by atoms with Crippen LogP contribution in [0.25, 0.3) is 11.3 Å². The molecule has 2 aromatic rings. The second-order valence-electron chi connectivity index (χ2n) is 2.77. The summed E-state index contributed by atoms with van der Waals surface area (Å²) >= 11 is 5.39. The van der Waals surface area contributed by atoms with E-state index < -0.39 is 5.24 Å². The summed E-state index contributed by atoms with van der Waals surface area (Å²) in [6, 6.07) is 9.41. The van der Waals surface area contributed by atoms with E-state index in [0.717, 1.165) is 5.56 Å². The number of hydrogen-bond donors (Lipinski definition) is 1. The average Bonchev–Trinajstić information content (AvgIpc) is 2.67. The van der Waals surface area contributed by atoms with Gasteiger partial charge in [0.2, 0.25) is 0 Å². The number of halogens is 1. The van der Waals surface area contributed by atoms with E-state index in [1.165, 1.54) is 6.33 Å². The summed E-state index contributed by atoms with van der Waals surface area (Å²) in [5, 5.41) is -0.527. The fourth-order valence-corrected chi connectivity index (χ4v) is 1.40. The van der Waals surface area contributed by atoms with Gasteiger partial charge in [0.25, 0.3) is 5.24 Å². The number of aromatic nitrogens is 2. The maximum absolute atomic E-state index is 11.0. The van der Waals surface area contributed by atoms with Gasteiger partial charge in [-0.25, -0.2) is 4.98 Å². The Kier molecular flexibility index (Phi) is 2.33. The molecular weight excluding hydrogens is 200 g/mol. The summed E-state index contributed by atoms with van der Waals surface area (Å²) < 4.78 is 0. The van der Waals surface area contributed by atoms with E-state index >= 15 is 0 Å². The van der Waals surface area contributed by atoms with Crippen LogP contribution in [0.1, 0.15) is 10.5 Å². The number of H-pyrrole nitrogens is 1. The Balaban J connectivity index is 2.52. The van der Waals surface area contributed by atoms with Crippen molar-refractivity contribution in [1.29, 1.82) is 0 Å². The van der Waals surface area contributed by atoms with Gasteiger partial charge in [-0.2, -0.15) is 0 Å². The molecule has 1 aromatic heterocycles. The van der Waals surface area contributed by atoms with Crippen molar-refractivity contribution in [2.75, 3.05) is 0 Å². The molecule has 0 fully saturated rings. The molecule has 0 radical (unpaired) electrons. The van der Waals surface area contributed by atoms with E-state index in [1.54, 1.807) is 0 Å². The molecule has 0 atom stereocenters. The Morgan fingerprint density at radius 2 is 2.00 bits per heavy atom. The highest BCUT2D eigenvalue weighted by Crippen LogP contribution is 2.20. The van der Waals surface area contributed by atoms with E-state index in [2.05, 4.69) is 9.97 Å². The molecule has 1 aromatic carbocycles. The lowest BCUT2D eigenvalue weighted by atomic mass is 10.1. The highest BCUT2D eigenvalue weighted by Gasteiger charge is 2.12. The van der Waals surface area contributed by atoms with Gasteiger partial charge in [-0.05, 0) is 11.6 Å². The Morgan fingerprint density at radius 3 is 2.64 bits per heavy atom. The third-order valence-electron chi connectivity index (χ3n) is 1.88. The van der Waals surface area contributed by atoms with Crippen LogP contribution in [0, 0.1) is 0 Å². The molecule has 14 heavy (non-hydrogen) atoms. The minimum Gasteiger partial charge on any atom is -0.341 e.